The first-order valence-corrected chi connectivity index (χ1v) is 5.76. The number of nitrogens with one attached hydrogen (secondary N) is 1. The standard InChI is InChI=1S/C12H18N2O3/c1-3-9(12(16)17)8-13-11(15)10-6-5-7-14(10)4-2/h5-7,9H,3-4,8H2,1-2H3,(H,13,15)(H,16,17). The molecule has 1 unspecified atom stereocenters. The fourth-order valence-electron chi connectivity index (χ4n) is 1.61. The molecule has 17 heavy (non-hydrogen) atoms. The van der Waals surface area contributed by atoms with E-state index in [2.05, 4.69) is 5.32 Å². The zero-order valence-electron chi connectivity index (χ0n) is 10.1. The van der Waals surface area contributed by atoms with E-state index in [1.807, 2.05) is 17.7 Å². The number of aryl methyl sites for hydroxylation is 1. The average Bonchev–Trinajstić information content (AvgIpc) is 2.77. The Balaban J connectivity index is 2.58. The number of aliphatic carboxylic acids is 1. The van der Waals surface area contributed by atoms with Crippen LogP contribution >= 0.6 is 0 Å². The normalized spacial score (nSPS) is 12.1. The topological polar surface area (TPSA) is 71.3 Å². The molecule has 5 heteroatoms. The van der Waals surface area contributed by atoms with Crippen LogP contribution in [0.25, 0.3) is 0 Å². The summed E-state index contributed by atoms with van der Waals surface area (Å²) in [4.78, 5) is 22.6. The van der Waals surface area contributed by atoms with Gasteiger partial charge in [0.05, 0.1) is 5.92 Å². The molecule has 1 atom stereocenters. The van der Waals surface area contributed by atoms with E-state index in [0.29, 0.717) is 18.7 Å². The summed E-state index contributed by atoms with van der Waals surface area (Å²) in [6.45, 7) is 4.62. The Labute approximate surface area is 100 Å². The summed E-state index contributed by atoms with van der Waals surface area (Å²) in [6, 6.07) is 3.52. The summed E-state index contributed by atoms with van der Waals surface area (Å²) in [5, 5.41) is 11.5. The minimum Gasteiger partial charge on any atom is -0.481 e. The highest BCUT2D eigenvalue weighted by Gasteiger charge is 2.17. The third kappa shape index (κ3) is 3.34. The number of hydrogen-bond donors (Lipinski definition) is 2. The Morgan fingerprint density at radius 3 is 2.71 bits per heavy atom. The zero-order valence-corrected chi connectivity index (χ0v) is 10.1. The van der Waals surface area contributed by atoms with E-state index < -0.39 is 11.9 Å². The molecule has 94 valence electrons. The summed E-state index contributed by atoms with van der Waals surface area (Å²) < 4.78 is 1.82. The summed E-state index contributed by atoms with van der Waals surface area (Å²) in [6.07, 6.45) is 2.33. The maximum absolute atomic E-state index is 11.8. The summed E-state index contributed by atoms with van der Waals surface area (Å²) in [7, 11) is 0. The molecule has 1 heterocycles. The van der Waals surface area contributed by atoms with Gasteiger partial charge < -0.3 is 15.0 Å². The zero-order chi connectivity index (χ0) is 12.8. The highest BCUT2D eigenvalue weighted by atomic mass is 16.4. The van der Waals surface area contributed by atoms with Gasteiger partial charge in [0.15, 0.2) is 0 Å². The van der Waals surface area contributed by atoms with Crippen molar-refractivity contribution < 1.29 is 14.7 Å². The highest BCUT2D eigenvalue weighted by molar-refractivity contribution is 5.93. The van der Waals surface area contributed by atoms with Gasteiger partial charge in [-0.25, -0.2) is 0 Å². The number of carbonyl (C=O) groups excluding carboxylic acids is 1. The van der Waals surface area contributed by atoms with Crippen molar-refractivity contribution in [2.45, 2.75) is 26.8 Å². The van der Waals surface area contributed by atoms with Crippen molar-refractivity contribution in [1.82, 2.24) is 9.88 Å². The molecule has 0 fully saturated rings. The Hall–Kier alpha value is -1.78. The van der Waals surface area contributed by atoms with Crippen LogP contribution in [0, 0.1) is 5.92 Å². The number of nitrogens with zero attached hydrogens (tertiary/aromatic N) is 1. The second kappa shape index (κ2) is 6.08. The molecular formula is C12H18N2O3. The fraction of sp³-hybridized carbons (Fsp3) is 0.500. The van der Waals surface area contributed by atoms with Gasteiger partial charge >= 0.3 is 5.97 Å². The van der Waals surface area contributed by atoms with Crippen LogP contribution in [-0.2, 0) is 11.3 Å². The quantitative estimate of drug-likeness (QED) is 0.785. The van der Waals surface area contributed by atoms with Crippen LogP contribution in [-0.4, -0.2) is 28.1 Å². The summed E-state index contributed by atoms with van der Waals surface area (Å²) in [5.74, 6) is -1.63. The Bertz CT molecular complexity index is 398. The lowest BCUT2D eigenvalue weighted by molar-refractivity contribution is -0.141. The van der Waals surface area contributed by atoms with Crippen molar-refractivity contribution in [2.75, 3.05) is 6.54 Å². The molecule has 0 bridgehead atoms. The first-order chi connectivity index (χ1) is 8.10. The first kappa shape index (κ1) is 13.3. The lowest BCUT2D eigenvalue weighted by Gasteiger charge is -2.12. The largest absolute Gasteiger partial charge is 0.481 e. The molecule has 1 aromatic heterocycles. The summed E-state index contributed by atoms with van der Waals surface area (Å²) >= 11 is 0. The molecule has 1 rings (SSSR count). The van der Waals surface area contributed by atoms with Gasteiger partial charge in [0, 0.05) is 19.3 Å². The fourth-order valence-corrected chi connectivity index (χ4v) is 1.61. The van der Waals surface area contributed by atoms with Crippen molar-refractivity contribution in [2.24, 2.45) is 5.92 Å². The first-order valence-electron chi connectivity index (χ1n) is 5.76. The highest BCUT2D eigenvalue weighted by Crippen LogP contribution is 2.04. The third-order valence-electron chi connectivity index (χ3n) is 2.75. The third-order valence-corrected chi connectivity index (χ3v) is 2.75. The van der Waals surface area contributed by atoms with Crippen molar-refractivity contribution in [1.29, 1.82) is 0 Å². The molecule has 0 saturated carbocycles. The number of amides is 1. The number of carbonyl (C=O) groups is 2. The molecule has 0 aliphatic rings. The number of rotatable bonds is 6. The maximum Gasteiger partial charge on any atom is 0.308 e. The average molecular weight is 238 g/mol. The Morgan fingerprint density at radius 1 is 1.47 bits per heavy atom. The van der Waals surface area contributed by atoms with Gasteiger partial charge in [-0.3, -0.25) is 9.59 Å². The van der Waals surface area contributed by atoms with Gasteiger partial charge in [-0.05, 0) is 25.5 Å². The van der Waals surface area contributed by atoms with E-state index in [1.165, 1.54) is 0 Å². The SMILES string of the molecule is CCC(CNC(=O)c1cccn1CC)C(=O)O. The van der Waals surface area contributed by atoms with Crippen LogP contribution in [0.3, 0.4) is 0 Å². The Kier molecular flexibility index (Phi) is 4.75. The molecule has 0 aliphatic carbocycles. The number of carboxylic acids is 1. The van der Waals surface area contributed by atoms with Gasteiger partial charge in [0.1, 0.15) is 5.69 Å². The molecular weight excluding hydrogens is 220 g/mol. The van der Waals surface area contributed by atoms with Crippen LogP contribution in [0.2, 0.25) is 0 Å². The van der Waals surface area contributed by atoms with E-state index in [0.717, 1.165) is 0 Å². The van der Waals surface area contributed by atoms with Gasteiger partial charge in [0.25, 0.3) is 5.91 Å². The van der Waals surface area contributed by atoms with Crippen molar-refractivity contribution >= 4 is 11.9 Å². The van der Waals surface area contributed by atoms with Crippen LogP contribution in [0.5, 0.6) is 0 Å². The molecule has 0 saturated heterocycles. The maximum atomic E-state index is 11.8. The van der Waals surface area contributed by atoms with Crippen LogP contribution in [0.15, 0.2) is 18.3 Å². The van der Waals surface area contributed by atoms with E-state index in [4.69, 9.17) is 5.11 Å². The van der Waals surface area contributed by atoms with Crippen LogP contribution in [0.1, 0.15) is 30.8 Å². The predicted molar refractivity (Wildman–Crippen MR) is 63.9 cm³/mol. The molecule has 0 spiro atoms. The lowest BCUT2D eigenvalue weighted by Crippen LogP contribution is -2.33. The molecule has 0 radical (unpaired) electrons. The number of aromatic nitrogens is 1. The molecule has 5 nitrogen and oxygen atoms in total. The second-order valence-electron chi connectivity index (χ2n) is 3.83. The van der Waals surface area contributed by atoms with Crippen LogP contribution in [0.4, 0.5) is 0 Å². The molecule has 2 N–H and O–H groups in total. The summed E-state index contributed by atoms with van der Waals surface area (Å²) in [5.41, 5.74) is 0.563. The molecule has 0 aromatic carbocycles. The lowest BCUT2D eigenvalue weighted by atomic mass is 10.1. The monoisotopic (exact) mass is 238 g/mol. The van der Waals surface area contributed by atoms with E-state index >= 15 is 0 Å². The molecule has 1 amide bonds. The van der Waals surface area contributed by atoms with Crippen LogP contribution < -0.4 is 5.32 Å². The van der Waals surface area contributed by atoms with Gasteiger partial charge in [-0.2, -0.15) is 0 Å². The van der Waals surface area contributed by atoms with Crippen molar-refractivity contribution in [3.05, 3.63) is 24.0 Å². The number of carboxylic acid groups (broad SMARTS) is 1. The van der Waals surface area contributed by atoms with Gasteiger partial charge in [0.2, 0.25) is 0 Å². The van der Waals surface area contributed by atoms with E-state index in [9.17, 15) is 9.59 Å². The minimum absolute atomic E-state index is 0.166. The smallest absolute Gasteiger partial charge is 0.308 e. The van der Waals surface area contributed by atoms with Crippen molar-refractivity contribution in [3.63, 3.8) is 0 Å². The van der Waals surface area contributed by atoms with Crippen molar-refractivity contribution in [3.8, 4) is 0 Å². The molecule has 0 aliphatic heterocycles. The molecule has 1 aromatic rings. The van der Waals surface area contributed by atoms with Gasteiger partial charge in [-0.15, -0.1) is 0 Å². The van der Waals surface area contributed by atoms with Gasteiger partial charge in [-0.1, -0.05) is 6.92 Å². The minimum atomic E-state index is -0.876. The predicted octanol–water partition coefficient (Wildman–Crippen LogP) is 1.35. The van der Waals surface area contributed by atoms with E-state index in [-0.39, 0.29) is 12.5 Å². The number of hydrogen-bond acceptors (Lipinski definition) is 2. The Morgan fingerprint density at radius 2 is 2.18 bits per heavy atom. The van der Waals surface area contributed by atoms with E-state index in [1.54, 1.807) is 19.1 Å². The second-order valence-corrected chi connectivity index (χ2v) is 3.83.